The molecule has 0 saturated heterocycles. The van der Waals surface area contributed by atoms with E-state index in [0.717, 1.165) is 17.1 Å². The number of hydrogen-bond donors (Lipinski definition) is 2. The van der Waals surface area contributed by atoms with Crippen LogP contribution in [0.25, 0.3) is 5.69 Å². The molecule has 0 aliphatic heterocycles. The minimum atomic E-state index is -3.60. The molecule has 3 aromatic rings. The van der Waals surface area contributed by atoms with Gasteiger partial charge in [-0.15, -0.1) is 0 Å². The first kappa shape index (κ1) is 19.9. The van der Waals surface area contributed by atoms with Crippen molar-refractivity contribution in [2.45, 2.75) is 25.7 Å². The molecule has 0 atom stereocenters. The van der Waals surface area contributed by atoms with Crippen LogP contribution >= 0.6 is 0 Å². The van der Waals surface area contributed by atoms with Gasteiger partial charge in [-0.2, -0.15) is 0 Å². The van der Waals surface area contributed by atoms with Crippen molar-refractivity contribution in [2.24, 2.45) is 0 Å². The number of hydrogen-bond acceptors (Lipinski definition) is 3. The van der Waals surface area contributed by atoms with E-state index in [1.54, 1.807) is 19.1 Å². The smallest absolute Gasteiger partial charge is 0.257 e. The van der Waals surface area contributed by atoms with Crippen LogP contribution in [0.2, 0.25) is 0 Å². The summed E-state index contributed by atoms with van der Waals surface area (Å²) in [7, 11) is -2.24. The third-order valence-corrected chi connectivity index (χ3v) is 6.25. The van der Waals surface area contributed by atoms with E-state index in [1.165, 1.54) is 13.1 Å². The van der Waals surface area contributed by atoms with Crippen LogP contribution in [0.1, 0.15) is 27.3 Å². The third-order valence-electron chi connectivity index (χ3n) is 4.69. The van der Waals surface area contributed by atoms with Crippen molar-refractivity contribution in [2.75, 3.05) is 12.4 Å². The molecule has 2 N–H and O–H groups in total. The first-order valence-corrected chi connectivity index (χ1v) is 10.3. The Labute approximate surface area is 165 Å². The molecule has 1 heterocycles. The van der Waals surface area contributed by atoms with E-state index in [2.05, 4.69) is 10.0 Å². The van der Waals surface area contributed by atoms with E-state index >= 15 is 0 Å². The van der Waals surface area contributed by atoms with E-state index < -0.39 is 10.0 Å². The maximum absolute atomic E-state index is 12.9. The second-order valence-corrected chi connectivity index (χ2v) is 8.45. The summed E-state index contributed by atoms with van der Waals surface area (Å²) in [6.45, 7) is 5.55. The number of rotatable bonds is 5. The third kappa shape index (κ3) is 3.72. The topological polar surface area (TPSA) is 80.2 Å². The molecule has 7 heteroatoms. The van der Waals surface area contributed by atoms with Crippen LogP contribution in [-0.4, -0.2) is 25.9 Å². The lowest BCUT2D eigenvalue weighted by molar-refractivity contribution is 0.102. The Hall–Kier alpha value is -2.90. The summed E-state index contributed by atoms with van der Waals surface area (Å²) >= 11 is 0. The molecule has 0 aliphatic carbocycles. The summed E-state index contributed by atoms with van der Waals surface area (Å²) in [6.07, 6.45) is 0. The first-order valence-electron chi connectivity index (χ1n) is 8.84. The van der Waals surface area contributed by atoms with Crippen LogP contribution in [0.3, 0.4) is 0 Å². The SMILES string of the molecule is CNS(=O)(=O)c1cc(NC(=O)c2cc(C)n(-c3ccccc3)c2C)ccc1C. The number of benzene rings is 2. The van der Waals surface area contributed by atoms with Gasteiger partial charge >= 0.3 is 0 Å². The number of anilines is 1. The van der Waals surface area contributed by atoms with E-state index in [1.807, 2.05) is 54.8 Å². The van der Waals surface area contributed by atoms with Crippen LogP contribution < -0.4 is 10.0 Å². The Kier molecular flexibility index (Phi) is 5.40. The highest BCUT2D eigenvalue weighted by Crippen LogP contribution is 2.24. The van der Waals surface area contributed by atoms with Gasteiger partial charge in [0.05, 0.1) is 10.5 Å². The Bertz CT molecular complexity index is 1130. The molecule has 2 aromatic carbocycles. The lowest BCUT2D eigenvalue weighted by atomic mass is 10.2. The van der Waals surface area contributed by atoms with Crippen LogP contribution in [0.5, 0.6) is 0 Å². The van der Waals surface area contributed by atoms with Gasteiger partial charge in [-0.05, 0) is 63.7 Å². The molecule has 0 unspecified atom stereocenters. The van der Waals surface area contributed by atoms with Crippen molar-refractivity contribution in [3.63, 3.8) is 0 Å². The average Bonchev–Trinajstić information content (AvgIpc) is 2.98. The number of para-hydroxylation sites is 1. The molecule has 0 radical (unpaired) electrons. The predicted octanol–water partition coefficient (Wildman–Crippen LogP) is 3.56. The van der Waals surface area contributed by atoms with Gasteiger partial charge in [0.1, 0.15) is 0 Å². The molecule has 1 aromatic heterocycles. The predicted molar refractivity (Wildman–Crippen MR) is 111 cm³/mol. The van der Waals surface area contributed by atoms with E-state index in [-0.39, 0.29) is 10.8 Å². The van der Waals surface area contributed by atoms with Crippen molar-refractivity contribution in [3.05, 3.63) is 77.1 Å². The Morgan fingerprint density at radius 1 is 0.964 bits per heavy atom. The largest absolute Gasteiger partial charge is 0.322 e. The van der Waals surface area contributed by atoms with Gasteiger partial charge in [-0.3, -0.25) is 4.79 Å². The maximum Gasteiger partial charge on any atom is 0.257 e. The summed E-state index contributed by atoms with van der Waals surface area (Å²) in [6, 6.07) is 16.5. The molecule has 0 fully saturated rings. The summed E-state index contributed by atoms with van der Waals surface area (Å²) in [4.78, 5) is 13.0. The summed E-state index contributed by atoms with van der Waals surface area (Å²) < 4.78 is 28.6. The standard InChI is InChI=1S/C21H23N3O3S/c1-14-10-11-17(13-20(14)28(26,27)22-4)23-21(25)19-12-15(2)24(16(19)3)18-8-6-5-7-9-18/h5-13,22H,1-4H3,(H,23,25). The minimum Gasteiger partial charge on any atom is -0.322 e. The van der Waals surface area contributed by atoms with Gasteiger partial charge in [-0.25, -0.2) is 13.1 Å². The van der Waals surface area contributed by atoms with Gasteiger partial charge in [0.25, 0.3) is 5.91 Å². The van der Waals surface area contributed by atoms with Crippen LogP contribution in [-0.2, 0) is 10.0 Å². The second kappa shape index (κ2) is 7.61. The summed E-state index contributed by atoms with van der Waals surface area (Å²) in [5, 5.41) is 2.81. The maximum atomic E-state index is 12.9. The second-order valence-electron chi connectivity index (χ2n) is 6.60. The number of aryl methyl sites for hydroxylation is 2. The van der Waals surface area contributed by atoms with Crippen LogP contribution in [0, 0.1) is 20.8 Å². The summed E-state index contributed by atoms with van der Waals surface area (Å²) in [5.74, 6) is -0.285. The highest BCUT2D eigenvalue weighted by Gasteiger charge is 2.19. The van der Waals surface area contributed by atoms with E-state index in [0.29, 0.717) is 16.8 Å². The zero-order valence-corrected chi connectivity index (χ0v) is 17.1. The Morgan fingerprint density at radius 3 is 2.29 bits per heavy atom. The summed E-state index contributed by atoms with van der Waals surface area (Å²) in [5.41, 5.74) is 4.31. The van der Waals surface area contributed by atoms with Crippen molar-refractivity contribution >= 4 is 21.6 Å². The van der Waals surface area contributed by atoms with Gasteiger partial charge in [-0.1, -0.05) is 24.3 Å². The number of carbonyl (C=O) groups excluding carboxylic acids is 1. The number of aromatic nitrogens is 1. The molecule has 6 nitrogen and oxygen atoms in total. The van der Waals surface area contributed by atoms with Crippen molar-refractivity contribution < 1.29 is 13.2 Å². The van der Waals surface area contributed by atoms with Crippen molar-refractivity contribution in [1.82, 2.24) is 9.29 Å². The average molecular weight is 398 g/mol. The molecule has 0 saturated carbocycles. The number of nitrogens with zero attached hydrogens (tertiary/aromatic N) is 1. The molecule has 0 spiro atoms. The number of nitrogens with one attached hydrogen (secondary N) is 2. The number of carbonyl (C=O) groups is 1. The number of amides is 1. The zero-order valence-electron chi connectivity index (χ0n) is 16.3. The fraction of sp³-hybridized carbons (Fsp3) is 0.190. The minimum absolute atomic E-state index is 0.141. The molecule has 28 heavy (non-hydrogen) atoms. The van der Waals surface area contributed by atoms with Gasteiger partial charge in [0.15, 0.2) is 0 Å². The molecular formula is C21H23N3O3S. The molecule has 0 bridgehead atoms. The Balaban J connectivity index is 1.94. The molecular weight excluding hydrogens is 374 g/mol. The fourth-order valence-electron chi connectivity index (χ4n) is 3.24. The van der Waals surface area contributed by atoms with Gasteiger partial charge in [0, 0.05) is 22.8 Å². The van der Waals surface area contributed by atoms with Gasteiger partial charge in [0.2, 0.25) is 10.0 Å². The normalized spacial score (nSPS) is 11.4. The fourth-order valence-corrected chi connectivity index (χ4v) is 4.24. The highest BCUT2D eigenvalue weighted by molar-refractivity contribution is 7.89. The lowest BCUT2D eigenvalue weighted by Gasteiger charge is -2.11. The van der Waals surface area contributed by atoms with Crippen LogP contribution in [0.15, 0.2) is 59.5 Å². The Morgan fingerprint density at radius 2 is 1.64 bits per heavy atom. The highest BCUT2D eigenvalue weighted by atomic mass is 32.2. The van der Waals surface area contributed by atoms with Crippen LogP contribution in [0.4, 0.5) is 5.69 Å². The molecule has 0 aliphatic rings. The lowest BCUT2D eigenvalue weighted by Crippen LogP contribution is -2.20. The number of sulfonamides is 1. The van der Waals surface area contributed by atoms with Crippen molar-refractivity contribution in [3.8, 4) is 5.69 Å². The van der Waals surface area contributed by atoms with Gasteiger partial charge < -0.3 is 9.88 Å². The molecule has 3 rings (SSSR count). The molecule has 1 amide bonds. The zero-order chi connectivity index (χ0) is 20.5. The van der Waals surface area contributed by atoms with E-state index in [9.17, 15) is 13.2 Å². The monoisotopic (exact) mass is 397 g/mol. The van der Waals surface area contributed by atoms with Crippen molar-refractivity contribution in [1.29, 1.82) is 0 Å². The van der Waals surface area contributed by atoms with E-state index in [4.69, 9.17) is 0 Å². The molecule has 146 valence electrons. The first-order chi connectivity index (χ1) is 13.2. The quantitative estimate of drug-likeness (QED) is 0.691.